The molecular formula is C24H38N2O3. The predicted octanol–water partition coefficient (Wildman–Crippen LogP) is 4.79. The van der Waals surface area contributed by atoms with Crippen molar-refractivity contribution >= 4 is 11.7 Å². The Kier molecular flexibility index (Phi) is 11.5. The van der Waals surface area contributed by atoms with Gasteiger partial charge in [-0.1, -0.05) is 62.6 Å². The van der Waals surface area contributed by atoms with Crippen LogP contribution in [0.1, 0.15) is 64.4 Å². The van der Waals surface area contributed by atoms with E-state index in [1.165, 1.54) is 25.7 Å². The summed E-state index contributed by atoms with van der Waals surface area (Å²) in [5.41, 5.74) is 5.34. The number of allylic oxidation sites excluding steroid dienone is 1. The smallest absolute Gasteiger partial charge is 0.310 e. The number of esters is 1. The van der Waals surface area contributed by atoms with E-state index in [2.05, 4.69) is 35.5 Å². The van der Waals surface area contributed by atoms with Crippen molar-refractivity contribution in [1.82, 2.24) is 10.4 Å². The first kappa shape index (κ1) is 23.4. The Bertz CT molecular complexity index is 603. The third-order valence-electron chi connectivity index (χ3n) is 5.31. The lowest BCUT2D eigenvalue weighted by atomic mass is 9.98. The Balaban J connectivity index is 1.77. The van der Waals surface area contributed by atoms with Crippen LogP contribution < -0.4 is 5.48 Å². The highest BCUT2D eigenvalue weighted by Gasteiger charge is 2.26. The average molecular weight is 403 g/mol. The highest BCUT2D eigenvalue weighted by Crippen LogP contribution is 2.18. The minimum absolute atomic E-state index is 0.000412. The van der Waals surface area contributed by atoms with Gasteiger partial charge < -0.3 is 9.64 Å². The maximum absolute atomic E-state index is 12.0. The molecule has 0 bridgehead atoms. The number of ether oxygens (including phenoxy) is 1. The molecule has 0 radical (unpaired) electrons. The predicted molar refractivity (Wildman–Crippen MR) is 118 cm³/mol. The van der Waals surface area contributed by atoms with Crippen molar-refractivity contribution in [2.24, 2.45) is 5.92 Å². The van der Waals surface area contributed by atoms with Crippen molar-refractivity contribution in [3.8, 4) is 0 Å². The Morgan fingerprint density at radius 2 is 2.03 bits per heavy atom. The van der Waals surface area contributed by atoms with Crippen LogP contribution >= 0.6 is 0 Å². The van der Waals surface area contributed by atoms with Crippen LogP contribution in [0, 0.1) is 5.92 Å². The zero-order chi connectivity index (χ0) is 20.7. The Labute approximate surface area is 176 Å². The second kappa shape index (κ2) is 14.2. The first-order valence-electron chi connectivity index (χ1n) is 11.3. The summed E-state index contributed by atoms with van der Waals surface area (Å²) < 4.78 is 5.18. The average Bonchev–Trinajstić information content (AvgIpc) is 2.76. The van der Waals surface area contributed by atoms with Gasteiger partial charge in [0.15, 0.2) is 0 Å². The molecule has 162 valence electrons. The summed E-state index contributed by atoms with van der Waals surface area (Å²) in [7, 11) is 0. The second-order valence-corrected chi connectivity index (χ2v) is 7.68. The molecule has 2 rings (SSSR count). The van der Waals surface area contributed by atoms with Gasteiger partial charge in [-0.15, -0.1) is 0 Å². The van der Waals surface area contributed by atoms with E-state index in [1.807, 2.05) is 25.1 Å². The van der Waals surface area contributed by atoms with E-state index >= 15 is 0 Å². The van der Waals surface area contributed by atoms with Crippen molar-refractivity contribution in [2.75, 3.05) is 32.8 Å². The topological polar surface area (TPSA) is 50.8 Å². The van der Waals surface area contributed by atoms with E-state index in [-0.39, 0.29) is 11.9 Å². The van der Waals surface area contributed by atoms with Gasteiger partial charge in [0, 0.05) is 13.1 Å². The van der Waals surface area contributed by atoms with Gasteiger partial charge in [0.2, 0.25) is 0 Å². The molecule has 1 saturated heterocycles. The Morgan fingerprint density at radius 3 is 2.79 bits per heavy atom. The minimum atomic E-state index is -0.0615. The van der Waals surface area contributed by atoms with Crippen LogP contribution in [0.25, 0.3) is 5.70 Å². The second-order valence-electron chi connectivity index (χ2n) is 7.68. The normalized spacial score (nSPS) is 17.9. The van der Waals surface area contributed by atoms with Crippen LogP contribution in [0.3, 0.4) is 0 Å². The summed E-state index contributed by atoms with van der Waals surface area (Å²) in [5.74, 6) is -0.0619. The fourth-order valence-electron chi connectivity index (χ4n) is 3.67. The summed E-state index contributed by atoms with van der Waals surface area (Å²) >= 11 is 0. The van der Waals surface area contributed by atoms with Crippen LogP contribution in [-0.4, -0.2) is 43.7 Å². The fraction of sp³-hybridized carbons (Fsp3) is 0.625. The van der Waals surface area contributed by atoms with Crippen LogP contribution in [-0.2, 0) is 14.4 Å². The summed E-state index contributed by atoms with van der Waals surface area (Å²) in [6.45, 7) is 7.71. The Hall–Kier alpha value is -1.85. The first-order chi connectivity index (χ1) is 14.2. The number of rotatable bonds is 13. The Morgan fingerprint density at radius 1 is 1.21 bits per heavy atom. The molecule has 1 N–H and O–H groups in total. The molecule has 1 atom stereocenters. The van der Waals surface area contributed by atoms with Gasteiger partial charge in [0.25, 0.3) is 0 Å². The highest BCUT2D eigenvalue weighted by molar-refractivity contribution is 5.72. The lowest BCUT2D eigenvalue weighted by Crippen LogP contribution is -2.41. The molecule has 0 saturated carbocycles. The summed E-state index contributed by atoms with van der Waals surface area (Å²) in [6, 6.07) is 10.3. The van der Waals surface area contributed by atoms with Gasteiger partial charge in [-0.2, -0.15) is 0 Å². The van der Waals surface area contributed by atoms with Gasteiger partial charge in [-0.3, -0.25) is 15.1 Å². The number of nitrogens with zero attached hydrogens (tertiary/aromatic N) is 1. The molecule has 29 heavy (non-hydrogen) atoms. The number of piperidine rings is 1. The van der Waals surface area contributed by atoms with Crippen molar-refractivity contribution in [2.45, 2.75) is 58.8 Å². The third-order valence-corrected chi connectivity index (χ3v) is 5.31. The van der Waals surface area contributed by atoms with E-state index in [0.717, 1.165) is 50.2 Å². The zero-order valence-electron chi connectivity index (χ0n) is 18.2. The van der Waals surface area contributed by atoms with E-state index in [1.54, 1.807) is 0 Å². The number of nitrogens with one attached hydrogen (secondary N) is 1. The van der Waals surface area contributed by atoms with E-state index < -0.39 is 0 Å². The fourth-order valence-corrected chi connectivity index (χ4v) is 3.67. The standard InChI is InChI=1S/C24H38N2O3/c1-3-5-6-7-11-16-23(21-13-9-8-10-14-21)25-29-19-18-26-17-12-15-22(20-26)24(27)28-4-2/h8-10,13-14,16,22,25H,3-7,11-12,15,17-20H2,1-2H3/t22-/m1/s1. The van der Waals surface area contributed by atoms with Gasteiger partial charge >= 0.3 is 5.97 Å². The quantitative estimate of drug-likeness (QED) is 0.292. The number of benzene rings is 1. The molecule has 0 aliphatic carbocycles. The lowest BCUT2D eigenvalue weighted by Gasteiger charge is -2.31. The molecule has 0 spiro atoms. The number of hydrogen-bond acceptors (Lipinski definition) is 5. The molecule has 1 aromatic carbocycles. The zero-order valence-corrected chi connectivity index (χ0v) is 18.2. The highest BCUT2D eigenvalue weighted by atomic mass is 16.6. The molecule has 0 aromatic heterocycles. The van der Waals surface area contributed by atoms with E-state index in [9.17, 15) is 4.79 Å². The number of hydrogen-bond donors (Lipinski definition) is 1. The summed E-state index contributed by atoms with van der Waals surface area (Å²) in [6.07, 6.45) is 10.3. The van der Waals surface area contributed by atoms with Crippen molar-refractivity contribution < 1.29 is 14.4 Å². The molecule has 1 heterocycles. The first-order valence-corrected chi connectivity index (χ1v) is 11.3. The molecule has 5 nitrogen and oxygen atoms in total. The largest absolute Gasteiger partial charge is 0.466 e. The SMILES string of the molecule is CCCCCCC=C(NOCCN1CCC[C@@H](C(=O)OCC)C1)c1ccccc1. The van der Waals surface area contributed by atoms with E-state index in [4.69, 9.17) is 9.57 Å². The van der Waals surface area contributed by atoms with Gasteiger partial charge in [-0.05, 0) is 44.7 Å². The van der Waals surface area contributed by atoms with Crippen LogP contribution in [0.15, 0.2) is 36.4 Å². The molecule has 1 aliphatic heterocycles. The molecule has 0 unspecified atom stereocenters. The molecule has 1 aromatic rings. The van der Waals surface area contributed by atoms with Crippen LogP contribution in [0.2, 0.25) is 0 Å². The summed E-state index contributed by atoms with van der Waals surface area (Å²) in [4.78, 5) is 20.1. The van der Waals surface area contributed by atoms with Crippen molar-refractivity contribution in [3.05, 3.63) is 42.0 Å². The van der Waals surface area contributed by atoms with Gasteiger partial charge in [0.05, 0.1) is 24.8 Å². The van der Waals surface area contributed by atoms with Crippen LogP contribution in [0.4, 0.5) is 0 Å². The van der Waals surface area contributed by atoms with Crippen molar-refractivity contribution in [3.63, 3.8) is 0 Å². The van der Waals surface area contributed by atoms with E-state index in [0.29, 0.717) is 13.2 Å². The number of carbonyl (C=O) groups excluding carboxylic acids is 1. The maximum atomic E-state index is 12.0. The minimum Gasteiger partial charge on any atom is -0.466 e. The monoisotopic (exact) mass is 402 g/mol. The molecule has 0 amide bonds. The number of carbonyl (C=O) groups is 1. The molecule has 1 fully saturated rings. The van der Waals surface area contributed by atoms with Crippen LogP contribution in [0.5, 0.6) is 0 Å². The number of unbranched alkanes of at least 4 members (excludes halogenated alkanes) is 4. The number of likely N-dealkylation sites (tertiary alicyclic amines) is 1. The molecule has 1 aliphatic rings. The van der Waals surface area contributed by atoms with Gasteiger partial charge in [-0.25, -0.2) is 0 Å². The van der Waals surface area contributed by atoms with Gasteiger partial charge in [0.1, 0.15) is 0 Å². The van der Waals surface area contributed by atoms with Crippen molar-refractivity contribution in [1.29, 1.82) is 0 Å². The molecular weight excluding hydrogens is 364 g/mol. The number of hydroxylamine groups is 1. The summed E-state index contributed by atoms with van der Waals surface area (Å²) in [5, 5.41) is 0. The third kappa shape index (κ3) is 9.01. The lowest BCUT2D eigenvalue weighted by molar-refractivity contribution is -0.150. The maximum Gasteiger partial charge on any atom is 0.310 e. The molecule has 5 heteroatoms.